The molecule has 0 saturated carbocycles. The third-order valence-corrected chi connectivity index (χ3v) is 3.81. The van der Waals surface area contributed by atoms with Gasteiger partial charge in [-0.25, -0.2) is 0 Å². The van der Waals surface area contributed by atoms with Crippen molar-refractivity contribution in [3.63, 3.8) is 0 Å². The molecule has 0 aliphatic rings. The Balaban J connectivity index is 2.28. The molecule has 0 amide bonds. The summed E-state index contributed by atoms with van der Waals surface area (Å²) in [6.45, 7) is 1.70. The maximum absolute atomic E-state index is 12.6. The summed E-state index contributed by atoms with van der Waals surface area (Å²) in [6, 6.07) is 16.6. The molecule has 1 atom stereocenters. The Bertz CT molecular complexity index is 748. The van der Waals surface area contributed by atoms with E-state index in [4.69, 9.17) is 0 Å². The predicted octanol–water partition coefficient (Wildman–Crippen LogP) is 3.16. The molecule has 0 aromatic heterocycles. The van der Waals surface area contributed by atoms with Gasteiger partial charge in [-0.3, -0.25) is 19.2 Å². The highest BCUT2D eigenvalue weighted by Crippen LogP contribution is 2.23. The summed E-state index contributed by atoms with van der Waals surface area (Å²) in [5.41, 5.74) is 0.739. The Labute approximate surface area is 140 Å². The van der Waals surface area contributed by atoms with Crippen LogP contribution in [0.15, 0.2) is 60.7 Å². The van der Waals surface area contributed by atoms with Crippen LogP contribution in [0.4, 0.5) is 0 Å². The van der Waals surface area contributed by atoms with Gasteiger partial charge >= 0.3 is 0 Å². The summed E-state index contributed by atoms with van der Waals surface area (Å²) < 4.78 is 0. The van der Waals surface area contributed by atoms with Crippen molar-refractivity contribution in [3.8, 4) is 0 Å². The van der Waals surface area contributed by atoms with Crippen LogP contribution in [0.3, 0.4) is 0 Å². The molecule has 0 N–H and O–H groups in total. The smallest absolute Gasteiger partial charge is 0.269 e. The molecule has 4 nitrogen and oxygen atoms in total. The quantitative estimate of drug-likeness (QED) is 0.425. The van der Waals surface area contributed by atoms with E-state index < -0.39 is 23.3 Å². The zero-order valence-corrected chi connectivity index (χ0v) is 13.4. The van der Waals surface area contributed by atoms with E-state index in [2.05, 4.69) is 0 Å². The Kier molecular flexibility index (Phi) is 5.90. The summed E-state index contributed by atoms with van der Waals surface area (Å²) in [4.78, 5) is 48.9. The average Bonchev–Trinajstić information content (AvgIpc) is 2.65. The second kappa shape index (κ2) is 8.11. The van der Waals surface area contributed by atoms with Crippen molar-refractivity contribution in [2.45, 2.75) is 25.7 Å². The SMILES string of the molecule is CCC(=O)CC(C(=O)C(=O)C(=O)c1ccccc1)c1ccccc1. The van der Waals surface area contributed by atoms with Crippen LogP contribution in [0.5, 0.6) is 0 Å². The van der Waals surface area contributed by atoms with Crippen molar-refractivity contribution in [2.24, 2.45) is 0 Å². The van der Waals surface area contributed by atoms with Gasteiger partial charge < -0.3 is 0 Å². The van der Waals surface area contributed by atoms with Crippen molar-refractivity contribution >= 4 is 23.1 Å². The molecule has 0 spiro atoms. The fourth-order valence-corrected chi connectivity index (χ4v) is 2.41. The lowest BCUT2D eigenvalue weighted by molar-refractivity contribution is -0.135. The number of carbonyl (C=O) groups excluding carboxylic acids is 4. The molecular weight excluding hydrogens is 304 g/mol. The molecule has 0 aliphatic carbocycles. The summed E-state index contributed by atoms with van der Waals surface area (Å²) in [5, 5.41) is 0. The van der Waals surface area contributed by atoms with Gasteiger partial charge in [-0.1, -0.05) is 67.6 Å². The largest absolute Gasteiger partial charge is 0.300 e. The highest BCUT2D eigenvalue weighted by molar-refractivity contribution is 6.67. The summed E-state index contributed by atoms with van der Waals surface area (Å²) in [6.07, 6.45) is 0.199. The van der Waals surface area contributed by atoms with Gasteiger partial charge in [0.2, 0.25) is 11.6 Å². The molecule has 0 fully saturated rings. The predicted molar refractivity (Wildman–Crippen MR) is 89.9 cm³/mol. The standard InChI is InChI=1S/C20H18O4/c1-2-16(21)13-17(14-9-5-3-6-10-14)19(23)20(24)18(22)15-11-7-4-8-12-15/h3-12,17H,2,13H2,1H3. The molecule has 122 valence electrons. The fraction of sp³-hybridized carbons (Fsp3) is 0.200. The molecule has 4 heteroatoms. The zero-order valence-electron chi connectivity index (χ0n) is 13.4. The van der Waals surface area contributed by atoms with Gasteiger partial charge in [0.25, 0.3) is 5.78 Å². The van der Waals surface area contributed by atoms with E-state index >= 15 is 0 Å². The molecule has 24 heavy (non-hydrogen) atoms. The second-order valence-electron chi connectivity index (χ2n) is 5.45. The van der Waals surface area contributed by atoms with Gasteiger partial charge in [0.05, 0.1) is 5.92 Å². The number of ketones is 4. The highest BCUT2D eigenvalue weighted by Gasteiger charge is 2.32. The monoisotopic (exact) mass is 322 g/mol. The van der Waals surface area contributed by atoms with Crippen LogP contribution in [0.1, 0.15) is 41.6 Å². The van der Waals surface area contributed by atoms with Crippen LogP contribution in [0.2, 0.25) is 0 Å². The van der Waals surface area contributed by atoms with Crippen molar-refractivity contribution in [2.75, 3.05) is 0 Å². The van der Waals surface area contributed by atoms with Crippen molar-refractivity contribution in [1.29, 1.82) is 0 Å². The summed E-state index contributed by atoms with van der Waals surface area (Å²) >= 11 is 0. The minimum atomic E-state index is -1.08. The number of rotatable bonds is 8. The Morgan fingerprint density at radius 2 is 1.38 bits per heavy atom. The Hall–Kier alpha value is -2.88. The summed E-state index contributed by atoms with van der Waals surface area (Å²) in [5.74, 6) is -3.81. The maximum atomic E-state index is 12.6. The van der Waals surface area contributed by atoms with Gasteiger partial charge in [-0.05, 0) is 5.56 Å². The molecule has 1 unspecified atom stereocenters. The number of Topliss-reactive ketones (excluding diaryl/α,β-unsaturated/α-hetero) is 4. The van der Waals surface area contributed by atoms with E-state index in [1.165, 1.54) is 12.1 Å². The first kappa shape index (κ1) is 17.5. The summed E-state index contributed by atoms with van der Waals surface area (Å²) in [7, 11) is 0. The van der Waals surface area contributed by atoms with Crippen molar-refractivity contribution in [3.05, 3.63) is 71.8 Å². The van der Waals surface area contributed by atoms with Crippen LogP contribution in [0, 0.1) is 0 Å². The van der Waals surface area contributed by atoms with Crippen LogP contribution >= 0.6 is 0 Å². The van der Waals surface area contributed by atoms with Crippen molar-refractivity contribution < 1.29 is 19.2 Å². The van der Waals surface area contributed by atoms with E-state index in [1.54, 1.807) is 55.5 Å². The normalized spacial score (nSPS) is 11.5. The van der Waals surface area contributed by atoms with E-state index in [9.17, 15) is 19.2 Å². The molecule has 2 aromatic rings. The Morgan fingerprint density at radius 1 is 0.833 bits per heavy atom. The van der Waals surface area contributed by atoms with Gasteiger partial charge in [0.1, 0.15) is 5.78 Å². The molecule has 0 radical (unpaired) electrons. The average molecular weight is 322 g/mol. The van der Waals surface area contributed by atoms with E-state index in [1.807, 2.05) is 0 Å². The maximum Gasteiger partial charge on any atom is 0.269 e. The van der Waals surface area contributed by atoms with Crippen molar-refractivity contribution in [1.82, 2.24) is 0 Å². The molecule has 0 saturated heterocycles. The molecule has 0 heterocycles. The molecule has 2 aromatic carbocycles. The molecule has 0 bridgehead atoms. The lowest BCUT2D eigenvalue weighted by Crippen LogP contribution is -2.30. The van der Waals surface area contributed by atoms with Crippen LogP contribution < -0.4 is 0 Å². The lowest BCUT2D eigenvalue weighted by atomic mass is 9.86. The first-order valence-corrected chi connectivity index (χ1v) is 7.79. The number of hydrogen-bond acceptors (Lipinski definition) is 4. The molecular formula is C20H18O4. The van der Waals surface area contributed by atoms with Gasteiger partial charge in [-0.15, -0.1) is 0 Å². The van der Waals surface area contributed by atoms with E-state index in [0.29, 0.717) is 5.56 Å². The van der Waals surface area contributed by atoms with Gasteiger partial charge in [0.15, 0.2) is 0 Å². The zero-order chi connectivity index (χ0) is 17.5. The van der Waals surface area contributed by atoms with Crippen LogP contribution in [-0.2, 0) is 14.4 Å². The minimum absolute atomic E-state index is 0.0762. The first-order chi connectivity index (χ1) is 11.5. The number of carbonyl (C=O) groups is 4. The Morgan fingerprint density at radius 3 is 1.92 bits per heavy atom. The highest BCUT2D eigenvalue weighted by atomic mass is 16.2. The van der Waals surface area contributed by atoms with Crippen LogP contribution in [-0.4, -0.2) is 23.1 Å². The fourth-order valence-electron chi connectivity index (χ4n) is 2.41. The lowest BCUT2D eigenvalue weighted by Gasteiger charge is -2.14. The minimum Gasteiger partial charge on any atom is -0.300 e. The third kappa shape index (κ3) is 4.10. The van der Waals surface area contributed by atoms with Gasteiger partial charge in [-0.2, -0.15) is 0 Å². The first-order valence-electron chi connectivity index (χ1n) is 7.79. The number of benzene rings is 2. The second-order valence-corrected chi connectivity index (χ2v) is 5.45. The van der Waals surface area contributed by atoms with E-state index in [-0.39, 0.29) is 24.2 Å². The third-order valence-electron chi connectivity index (χ3n) is 3.81. The number of hydrogen-bond donors (Lipinski definition) is 0. The van der Waals surface area contributed by atoms with E-state index in [0.717, 1.165) is 0 Å². The molecule has 2 rings (SSSR count). The van der Waals surface area contributed by atoms with Gasteiger partial charge in [0, 0.05) is 18.4 Å². The molecule has 0 aliphatic heterocycles. The van der Waals surface area contributed by atoms with Crippen LogP contribution in [0.25, 0.3) is 0 Å². The topological polar surface area (TPSA) is 68.3 Å².